The minimum Gasteiger partial charge on any atom is -0.490 e. The van der Waals surface area contributed by atoms with Gasteiger partial charge in [-0.3, -0.25) is 4.90 Å². The van der Waals surface area contributed by atoms with E-state index in [0.29, 0.717) is 34.8 Å². The fourth-order valence-electron chi connectivity index (χ4n) is 2.15. The molecule has 2 aromatic rings. The molecule has 0 fully saturated rings. The van der Waals surface area contributed by atoms with E-state index in [1.165, 1.54) is 0 Å². The Morgan fingerprint density at radius 2 is 1.62 bits per heavy atom. The minimum absolute atomic E-state index is 0.0826. The van der Waals surface area contributed by atoms with Crippen molar-refractivity contribution in [2.24, 2.45) is 0 Å². The number of amides is 2. The van der Waals surface area contributed by atoms with Gasteiger partial charge < -0.3 is 14.8 Å². The molecule has 0 unspecified atom stereocenters. The van der Waals surface area contributed by atoms with Crippen LogP contribution in [-0.4, -0.2) is 32.3 Å². The lowest BCUT2D eigenvalue weighted by molar-refractivity contribution is 0.217. The van der Waals surface area contributed by atoms with Crippen molar-refractivity contribution in [3.63, 3.8) is 0 Å². The topological polar surface area (TPSA) is 50.8 Å². The highest BCUT2D eigenvalue weighted by Gasteiger charge is 2.11. The molecule has 0 spiro atoms. The highest BCUT2D eigenvalue weighted by Crippen LogP contribution is 2.32. The normalized spacial score (nSPS) is 10.5. The number of rotatable bonds is 7. The Morgan fingerprint density at radius 1 is 1.04 bits per heavy atom. The van der Waals surface area contributed by atoms with E-state index in [2.05, 4.69) is 5.32 Å². The summed E-state index contributed by atoms with van der Waals surface area (Å²) in [5, 5.41) is 3.76. The molecule has 0 aromatic heterocycles. The lowest BCUT2D eigenvalue weighted by Gasteiger charge is -2.20. The van der Waals surface area contributed by atoms with E-state index in [9.17, 15) is 4.79 Å². The molecular weight excluding hydrogens is 375 g/mol. The Labute approximate surface area is 163 Å². The number of halogens is 2. The van der Waals surface area contributed by atoms with Crippen molar-refractivity contribution in [1.29, 1.82) is 0 Å². The largest absolute Gasteiger partial charge is 0.490 e. The molecule has 2 rings (SSSR count). The Bertz CT molecular complexity index is 716. The van der Waals surface area contributed by atoms with E-state index >= 15 is 0 Å². The first-order valence-corrected chi connectivity index (χ1v) is 8.98. The molecule has 2 aromatic carbocycles. The maximum atomic E-state index is 12.0. The first-order chi connectivity index (χ1) is 12.4. The van der Waals surface area contributed by atoms with E-state index in [1.54, 1.807) is 42.3 Å². The van der Waals surface area contributed by atoms with E-state index in [0.717, 1.165) is 5.69 Å². The number of urea groups is 1. The molecular formula is C19H22Cl2N2O3. The van der Waals surface area contributed by atoms with Crippen LogP contribution in [0.4, 0.5) is 10.5 Å². The van der Waals surface area contributed by atoms with Crippen molar-refractivity contribution in [3.8, 4) is 11.5 Å². The Balaban J connectivity index is 1.83. The number of anilines is 1. The monoisotopic (exact) mass is 396 g/mol. The van der Waals surface area contributed by atoms with Crippen LogP contribution in [0.25, 0.3) is 0 Å². The van der Waals surface area contributed by atoms with Crippen molar-refractivity contribution in [2.45, 2.75) is 19.9 Å². The zero-order chi connectivity index (χ0) is 19.1. The van der Waals surface area contributed by atoms with Crippen LogP contribution in [0.5, 0.6) is 11.5 Å². The van der Waals surface area contributed by atoms with Crippen molar-refractivity contribution in [3.05, 3.63) is 52.5 Å². The van der Waals surface area contributed by atoms with E-state index in [4.69, 9.17) is 32.7 Å². The van der Waals surface area contributed by atoms with Gasteiger partial charge in [-0.2, -0.15) is 0 Å². The van der Waals surface area contributed by atoms with Gasteiger partial charge in [-0.1, -0.05) is 29.3 Å². The highest BCUT2D eigenvalue weighted by atomic mass is 35.5. The fourth-order valence-corrected chi connectivity index (χ4v) is 2.66. The summed E-state index contributed by atoms with van der Waals surface area (Å²) in [7, 11) is 1.72. The molecule has 0 saturated heterocycles. The predicted octanol–water partition coefficient (Wildman–Crippen LogP) is 5.01. The molecule has 0 aliphatic rings. The van der Waals surface area contributed by atoms with Gasteiger partial charge in [0.1, 0.15) is 19.0 Å². The van der Waals surface area contributed by atoms with E-state index in [1.807, 2.05) is 26.0 Å². The summed E-state index contributed by atoms with van der Waals surface area (Å²) < 4.78 is 11.2. The van der Waals surface area contributed by atoms with Gasteiger partial charge in [0.05, 0.1) is 10.0 Å². The van der Waals surface area contributed by atoms with Gasteiger partial charge >= 0.3 is 6.03 Å². The van der Waals surface area contributed by atoms with Crippen LogP contribution in [0.2, 0.25) is 10.0 Å². The van der Waals surface area contributed by atoms with Crippen LogP contribution in [0.15, 0.2) is 42.5 Å². The first kappa shape index (κ1) is 20.2. The van der Waals surface area contributed by atoms with Crippen molar-refractivity contribution in [2.75, 3.05) is 25.2 Å². The zero-order valence-electron chi connectivity index (χ0n) is 15.0. The number of benzene rings is 2. The van der Waals surface area contributed by atoms with Crippen LogP contribution < -0.4 is 19.7 Å². The standard InChI is InChI=1S/C19H22Cl2N2O3/c1-13(2)22-19(24)23(3)14-7-9-15(10-8-14)25-11-12-26-18-16(20)5-4-6-17(18)21/h4-10,13H,11-12H2,1-3H3,(H,22,24). The van der Waals surface area contributed by atoms with Gasteiger partial charge in [0.2, 0.25) is 0 Å². The van der Waals surface area contributed by atoms with Crippen LogP contribution in [0, 0.1) is 0 Å². The van der Waals surface area contributed by atoms with Gasteiger partial charge in [0.25, 0.3) is 0 Å². The summed E-state index contributed by atoms with van der Waals surface area (Å²) in [6.45, 7) is 4.48. The third-order valence-electron chi connectivity index (χ3n) is 3.46. The molecule has 0 aliphatic heterocycles. The van der Waals surface area contributed by atoms with Crippen LogP contribution >= 0.6 is 23.2 Å². The number of carbonyl (C=O) groups excluding carboxylic acids is 1. The Kier molecular flexibility index (Phi) is 7.42. The number of hydrogen-bond acceptors (Lipinski definition) is 3. The van der Waals surface area contributed by atoms with Gasteiger partial charge in [0, 0.05) is 18.8 Å². The number of hydrogen-bond donors (Lipinski definition) is 1. The van der Waals surface area contributed by atoms with Crippen LogP contribution in [0.1, 0.15) is 13.8 Å². The SMILES string of the molecule is CC(C)NC(=O)N(C)c1ccc(OCCOc2c(Cl)cccc2Cl)cc1. The average Bonchev–Trinajstić information content (AvgIpc) is 2.60. The summed E-state index contributed by atoms with van der Waals surface area (Å²) in [6, 6.07) is 12.4. The lowest BCUT2D eigenvalue weighted by atomic mass is 10.3. The van der Waals surface area contributed by atoms with Crippen molar-refractivity contribution < 1.29 is 14.3 Å². The molecule has 26 heavy (non-hydrogen) atoms. The van der Waals surface area contributed by atoms with Crippen molar-refractivity contribution >= 4 is 34.9 Å². The Morgan fingerprint density at radius 3 is 2.19 bits per heavy atom. The molecule has 0 heterocycles. The fraction of sp³-hybridized carbons (Fsp3) is 0.316. The molecule has 0 bridgehead atoms. The third kappa shape index (κ3) is 5.71. The van der Waals surface area contributed by atoms with Crippen LogP contribution in [0.3, 0.4) is 0 Å². The molecule has 0 aliphatic carbocycles. The summed E-state index contributed by atoms with van der Waals surface area (Å²) >= 11 is 12.1. The van der Waals surface area contributed by atoms with E-state index < -0.39 is 0 Å². The lowest BCUT2D eigenvalue weighted by Crippen LogP contribution is -2.40. The number of nitrogens with one attached hydrogen (secondary N) is 1. The number of carbonyl (C=O) groups is 1. The van der Waals surface area contributed by atoms with Crippen LogP contribution in [-0.2, 0) is 0 Å². The second-order valence-corrected chi connectivity index (χ2v) is 6.72. The van der Waals surface area contributed by atoms with Gasteiger partial charge in [-0.15, -0.1) is 0 Å². The summed E-state index contributed by atoms with van der Waals surface area (Å²) in [6.07, 6.45) is 0. The zero-order valence-corrected chi connectivity index (χ0v) is 16.5. The molecule has 0 saturated carbocycles. The van der Waals surface area contributed by atoms with Crippen molar-refractivity contribution in [1.82, 2.24) is 5.32 Å². The van der Waals surface area contributed by atoms with Gasteiger partial charge in [-0.25, -0.2) is 4.79 Å². The molecule has 140 valence electrons. The number of para-hydroxylation sites is 1. The second kappa shape index (κ2) is 9.55. The molecule has 0 radical (unpaired) electrons. The minimum atomic E-state index is -0.154. The number of nitrogens with zero attached hydrogens (tertiary/aromatic N) is 1. The summed E-state index contributed by atoms with van der Waals surface area (Å²) in [5.74, 6) is 1.13. The predicted molar refractivity (Wildman–Crippen MR) is 106 cm³/mol. The molecule has 2 amide bonds. The van der Waals surface area contributed by atoms with E-state index in [-0.39, 0.29) is 12.1 Å². The summed E-state index contributed by atoms with van der Waals surface area (Å²) in [4.78, 5) is 13.5. The third-order valence-corrected chi connectivity index (χ3v) is 4.05. The highest BCUT2D eigenvalue weighted by molar-refractivity contribution is 6.37. The maximum Gasteiger partial charge on any atom is 0.321 e. The second-order valence-electron chi connectivity index (χ2n) is 5.90. The quantitative estimate of drug-likeness (QED) is 0.669. The first-order valence-electron chi connectivity index (χ1n) is 8.22. The van der Waals surface area contributed by atoms with Gasteiger partial charge in [0.15, 0.2) is 5.75 Å². The summed E-state index contributed by atoms with van der Waals surface area (Å²) in [5.41, 5.74) is 0.773. The number of ether oxygens (including phenoxy) is 2. The molecule has 1 N–H and O–H groups in total. The molecule has 7 heteroatoms. The molecule has 0 atom stereocenters. The molecule has 5 nitrogen and oxygen atoms in total. The maximum absolute atomic E-state index is 12.0. The van der Waals surface area contributed by atoms with Gasteiger partial charge in [-0.05, 0) is 50.2 Å². The smallest absolute Gasteiger partial charge is 0.321 e. The Hall–Kier alpha value is -2.11. The average molecular weight is 397 g/mol.